The highest BCUT2D eigenvalue weighted by Crippen LogP contribution is 2.18. The first-order valence-electron chi connectivity index (χ1n) is 6.55. The van der Waals surface area contributed by atoms with E-state index in [1.807, 2.05) is 0 Å². The second kappa shape index (κ2) is 6.43. The van der Waals surface area contributed by atoms with Gasteiger partial charge in [-0.2, -0.15) is 0 Å². The highest BCUT2D eigenvalue weighted by atomic mass is 32.1. The predicted octanol–water partition coefficient (Wildman–Crippen LogP) is 3.17. The Morgan fingerprint density at radius 3 is 2.25 bits per heavy atom. The van der Waals surface area contributed by atoms with E-state index in [9.17, 15) is 0 Å². The van der Waals surface area contributed by atoms with Crippen molar-refractivity contribution in [3.05, 3.63) is 0 Å². The summed E-state index contributed by atoms with van der Waals surface area (Å²) < 4.78 is 0. The molecule has 1 rings (SSSR count). The van der Waals surface area contributed by atoms with E-state index in [4.69, 9.17) is 12.2 Å². The summed E-state index contributed by atoms with van der Waals surface area (Å²) in [7, 11) is 2.10. The van der Waals surface area contributed by atoms with E-state index < -0.39 is 0 Å². The van der Waals surface area contributed by atoms with E-state index in [0.29, 0.717) is 18.0 Å². The molecule has 0 heterocycles. The van der Waals surface area contributed by atoms with Crippen molar-refractivity contribution in [2.24, 2.45) is 5.92 Å². The largest absolute Gasteiger partial charge is 0.360 e. The lowest BCUT2D eigenvalue weighted by atomic mass is 9.96. The van der Waals surface area contributed by atoms with Crippen LogP contribution in [0.1, 0.15) is 52.9 Å². The van der Waals surface area contributed by atoms with Gasteiger partial charge in [-0.1, -0.05) is 33.1 Å². The Hall–Kier alpha value is -0.310. The summed E-state index contributed by atoms with van der Waals surface area (Å²) in [6, 6.07) is 1.12. The van der Waals surface area contributed by atoms with E-state index in [2.05, 4.69) is 38.0 Å². The second-order valence-electron chi connectivity index (χ2n) is 5.38. The van der Waals surface area contributed by atoms with Crippen molar-refractivity contribution in [3.63, 3.8) is 0 Å². The van der Waals surface area contributed by atoms with Crippen LogP contribution in [0.4, 0.5) is 0 Å². The third-order valence-electron chi connectivity index (χ3n) is 3.83. The van der Waals surface area contributed by atoms with E-state index >= 15 is 0 Å². The Labute approximate surface area is 106 Å². The van der Waals surface area contributed by atoms with Crippen molar-refractivity contribution in [2.45, 2.75) is 65.0 Å². The molecule has 1 aliphatic rings. The Kier molecular flexibility index (Phi) is 5.53. The van der Waals surface area contributed by atoms with Crippen molar-refractivity contribution in [1.82, 2.24) is 10.2 Å². The Balaban J connectivity index is 2.38. The first kappa shape index (κ1) is 13.8. The van der Waals surface area contributed by atoms with Crippen LogP contribution in [0.3, 0.4) is 0 Å². The van der Waals surface area contributed by atoms with Gasteiger partial charge in [0.2, 0.25) is 0 Å². The molecule has 0 spiro atoms. The van der Waals surface area contributed by atoms with Gasteiger partial charge >= 0.3 is 0 Å². The lowest BCUT2D eigenvalue weighted by Crippen LogP contribution is -2.48. The molecule has 0 amide bonds. The molecule has 0 aliphatic heterocycles. The van der Waals surface area contributed by atoms with E-state index in [-0.39, 0.29) is 0 Å². The summed E-state index contributed by atoms with van der Waals surface area (Å²) in [6.45, 7) is 6.72. The van der Waals surface area contributed by atoms with Crippen LogP contribution in [-0.4, -0.2) is 29.1 Å². The van der Waals surface area contributed by atoms with Crippen LogP contribution in [-0.2, 0) is 0 Å². The number of hydrogen-bond donors (Lipinski definition) is 1. The van der Waals surface area contributed by atoms with Gasteiger partial charge < -0.3 is 10.2 Å². The Bertz CT molecular complexity index is 222. The fourth-order valence-corrected chi connectivity index (χ4v) is 2.49. The van der Waals surface area contributed by atoms with Crippen molar-refractivity contribution in [2.75, 3.05) is 7.05 Å². The second-order valence-corrected chi connectivity index (χ2v) is 5.77. The molecule has 0 saturated heterocycles. The maximum atomic E-state index is 5.47. The van der Waals surface area contributed by atoms with Crippen LogP contribution < -0.4 is 5.32 Å². The molecule has 0 bridgehead atoms. The van der Waals surface area contributed by atoms with Gasteiger partial charge in [0.25, 0.3) is 0 Å². The summed E-state index contributed by atoms with van der Waals surface area (Å²) in [5, 5.41) is 4.44. The van der Waals surface area contributed by atoms with Gasteiger partial charge in [-0.25, -0.2) is 0 Å². The van der Waals surface area contributed by atoms with Crippen molar-refractivity contribution >= 4 is 17.3 Å². The molecule has 0 aromatic rings. The molecule has 1 atom stereocenters. The fourth-order valence-electron chi connectivity index (χ4n) is 2.16. The molecule has 1 aliphatic carbocycles. The highest BCUT2D eigenvalue weighted by Gasteiger charge is 2.19. The summed E-state index contributed by atoms with van der Waals surface area (Å²) in [4.78, 5) is 2.20. The van der Waals surface area contributed by atoms with Crippen LogP contribution >= 0.6 is 12.2 Å². The molecule has 0 aromatic heterocycles. The lowest BCUT2D eigenvalue weighted by Gasteiger charge is -2.33. The van der Waals surface area contributed by atoms with E-state index in [1.54, 1.807) is 0 Å². The van der Waals surface area contributed by atoms with Gasteiger partial charge in [0.1, 0.15) is 0 Å². The first-order valence-corrected chi connectivity index (χ1v) is 6.96. The maximum absolute atomic E-state index is 5.47. The summed E-state index contributed by atoms with van der Waals surface area (Å²) >= 11 is 5.47. The average molecular weight is 242 g/mol. The monoisotopic (exact) mass is 242 g/mol. The van der Waals surface area contributed by atoms with Crippen molar-refractivity contribution in [3.8, 4) is 0 Å². The number of nitrogens with zero attached hydrogens (tertiary/aromatic N) is 1. The fraction of sp³-hybridized carbons (Fsp3) is 0.923. The van der Waals surface area contributed by atoms with E-state index in [0.717, 1.165) is 5.11 Å². The smallest absolute Gasteiger partial charge is 0.169 e. The molecule has 3 heteroatoms. The normalized spacial score (nSPS) is 19.6. The number of thiocarbonyl (C=S) groups is 1. The minimum absolute atomic E-state index is 0.503. The zero-order valence-electron chi connectivity index (χ0n) is 11.1. The predicted molar refractivity (Wildman–Crippen MR) is 74.7 cm³/mol. The van der Waals surface area contributed by atoms with Crippen LogP contribution in [0.5, 0.6) is 0 Å². The molecular weight excluding hydrogens is 216 g/mol. The molecule has 1 N–H and O–H groups in total. The standard InChI is InChI=1S/C13H26N2S/c1-10(2)11(3)15(4)13(16)14-12-8-6-5-7-9-12/h10-12H,5-9H2,1-4H3,(H,14,16). The summed E-state index contributed by atoms with van der Waals surface area (Å²) in [5.41, 5.74) is 0. The molecule has 0 aromatic carbocycles. The van der Waals surface area contributed by atoms with Gasteiger partial charge in [-0.15, -0.1) is 0 Å². The zero-order valence-corrected chi connectivity index (χ0v) is 11.9. The third kappa shape index (κ3) is 3.93. The Morgan fingerprint density at radius 1 is 1.19 bits per heavy atom. The van der Waals surface area contributed by atoms with Gasteiger partial charge in [0.15, 0.2) is 5.11 Å². The Morgan fingerprint density at radius 2 is 1.75 bits per heavy atom. The topological polar surface area (TPSA) is 15.3 Å². The minimum Gasteiger partial charge on any atom is -0.360 e. The van der Waals surface area contributed by atoms with Crippen molar-refractivity contribution < 1.29 is 0 Å². The molecule has 0 radical (unpaired) electrons. The molecule has 94 valence electrons. The minimum atomic E-state index is 0.503. The molecule has 1 unspecified atom stereocenters. The van der Waals surface area contributed by atoms with Crippen LogP contribution in [0.25, 0.3) is 0 Å². The summed E-state index contributed by atoms with van der Waals surface area (Å²) in [6.07, 6.45) is 6.66. The number of hydrogen-bond acceptors (Lipinski definition) is 1. The van der Waals surface area contributed by atoms with Gasteiger partial charge in [-0.05, 0) is 37.9 Å². The quantitative estimate of drug-likeness (QED) is 0.765. The van der Waals surface area contributed by atoms with Gasteiger partial charge in [-0.3, -0.25) is 0 Å². The first-order chi connectivity index (χ1) is 7.52. The van der Waals surface area contributed by atoms with E-state index in [1.165, 1.54) is 32.1 Å². The molecule has 1 saturated carbocycles. The van der Waals surface area contributed by atoms with Crippen molar-refractivity contribution in [1.29, 1.82) is 0 Å². The lowest BCUT2D eigenvalue weighted by molar-refractivity contribution is 0.297. The maximum Gasteiger partial charge on any atom is 0.169 e. The van der Waals surface area contributed by atoms with Gasteiger partial charge in [0, 0.05) is 19.1 Å². The number of rotatable bonds is 3. The zero-order chi connectivity index (χ0) is 12.1. The molecular formula is C13H26N2S. The third-order valence-corrected chi connectivity index (χ3v) is 4.23. The number of nitrogens with one attached hydrogen (secondary N) is 1. The average Bonchev–Trinajstić information content (AvgIpc) is 2.28. The van der Waals surface area contributed by atoms with Crippen LogP contribution in [0, 0.1) is 5.92 Å². The summed E-state index contributed by atoms with van der Waals surface area (Å²) in [5.74, 6) is 0.635. The highest BCUT2D eigenvalue weighted by molar-refractivity contribution is 7.80. The van der Waals surface area contributed by atoms with Crippen LogP contribution in [0.2, 0.25) is 0 Å². The molecule has 16 heavy (non-hydrogen) atoms. The molecule has 2 nitrogen and oxygen atoms in total. The van der Waals surface area contributed by atoms with Gasteiger partial charge in [0.05, 0.1) is 0 Å². The SMILES string of the molecule is CC(C)C(C)N(C)C(=S)NC1CCCCC1. The van der Waals surface area contributed by atoms with Crippen LogP contribution in [0.15, 0.2) is 0 Å². The molecule has 1 fully saturated rings.